The van der Waals surface area contributed by atoms with Crippen molar-refractivity contribution < 1.29 is 23.4 Å². The fraction of sp³-hybridized carbons (Fsp3) is 0.364. The number of rotatable bonds is 5. The quantitative estimate of drug-likeness (QED) is 0.846. The van der Waals surface area contributed by atoms with Crippen molar-refractivity contribution in [2.75, 3.05) is 6.61 Å². The Morgan fingerprint density at radius 3 is 2.62 bits per heavy atom. The molecule has 0 aliphatic carbocycles. The molecule has 0 aliphatic rings. The van der Waals surface area contributed by atoms with E-state index in [0.29, 0.717) is 0 Å². The Bertz CT molecular complexity index is 372. The molecule has 0 atom stereocenters. The van der Waals surface area contributed by atoms with Gasteiger partial charge in [0.2, 0.25) is 5.92 Å². The van der Waals surface area contributed by atoms with Crippen LogP contribution in [0.4, 0.5) is 8.78 Å². The molecule has 0 saturated heterocycles. The van der Waals surface area contributed by atoms with E-state index < -0.39 is 18.3 Å². The summed E-state index contributed by atoms with van der Waals surface area (Å²) in [5, 5.41) is 8.80. The van der Waals surface area contributed by atoms with Gasteiger partial charge in [-0.3, -0.25) is 0 Å². The van der Waals surface area contributed by atoms with Crippen LogP contribution >= 0.6 is 0 Å². The third kappa shape index (κ3) is 3.84. The van der Waals surface area contributed by atoms with Crippen LogP contribution in [0.1, 0.15) is 23.7 Å². The van der Waals surface area contributed by atoms with Crippen LogP contribution in [0, 0.1) is 0 Å². The van der Waals surface area contributed by atoms with Gasteiger partial charge in [0.05, 0.1) is 6.61 Å². The molecule has 0 bridgehead atoms. The predicted octanol–water partition coefficient (Wildman–Crippen LogP) is 2.81. The van der Waals surface area contributed by atoms with E-state index in [9.17, 15) is 13.6 Å². The zero-order valence-electron chi connectivity index (χ0n) is 8.74. The second-order valence-electron chi connectivity index (χ2n) is 3.47. The molecule has 0 saturated carbocycles. The van der Waals surface area contributed by atoms with Crippen molar-refractivity contribution in [2.45, 2.75) is 19.3 Å². The highest BCUT2D eigenvalue weighted by atomic mass is 19.3. The molecule has 16 heavy (non-hydrogen) atoms. The van der Waals surface area contributed by atoms with Crippen LogP contribution in [-0.2, 0) is 0 Å². The number of benzene rings is 1. The number of carboxylic acids is 1. The minimum absolute atomic E-state index is 0.0260. The number of ether oxygens (including phenoxy) is 1. The largest absolute Gasteiger partial charge is 0.492 e. The minimum Gasteiger partial charge on any atom is -0.492 e. The number of alkyl halides is 2. The Morgan fingerprint density at radius 1 is 1.44 bits per heavy atom. The van der Waals surface area contributed by atoms with Gasteiger partial charge in [-0.25, -0.2) is 13.6 Å². The third-order valence-corrected chi connectivity index (χ3v) is 1.92. The van der Waals surface area contributed by atoms with E-state index in [1.807, 2.05) is 0 Å². The number of halogens is 2. The Morgan fingerprint density at radius 2 is 2.06 bits per heavy atom. The van der Waals surface area contributed by atoms with E-state index >= 15 is 0 Å². The zero-order chi connectivity index (χ0) is 12.2. The van der Waals surface area contributed by atoms with Crippen molar-refractivity contribution in [3.05, 3.63) is 29.8 Å². The van der Waals surface area contributed by atoms with Crippen LogP contribution in [0.15, 0.2) is 24.3 Å². The lowest BCUT2D eigenvalue weighted by atomic mass is 10.2. The SMILES string of the molecule is CC(F)(F)CCOc1ccccc1C(=O)O. The molecule has 1 aromatic carbocycles. The average Bonchev–Trinajstić information content (AvgIpc) is 2.16. The highest BCUT2D eigenvalue weighted by Gasteiger charge is 2.21. The summed E-state index contributed by atoms with van der Waals surface area (Å²) in [4.78, 5) is 10.8. The summed E-state index contributed by atoms with van der Waals surface area (Å²) in [5.41, 5.74) is -0.0260. The van der Waals surface area contributed by atoms with Crippen LogP contribution < -0.4 is 4.74 Å². The molecule has 0 radical (unpaired) electrons. The molecule has 88 valence electrons. The molecule has 1 N–H and O–H groups in total. The Labute approximate surface area is 91.7 Å². The standard InChI is InChI=1S/C11H12F2O3/c1-11(12,13)6-7-16-9-5-3-2-4-8(9)10(14)15/h2-5H,6-7H2,1H3,(H,14,15). The maximum Gasteiger partial charge on any atom is 0.339 e. The molecular weight excluding hydrogens is 218 g/mol. The third-order valence-electron chi connectivity index (χ3n) is 1.92. The van der Waals surface area contributed by atoms with Crippen molar-refractivity contribution in [1.82, 2.24) is 0 Å². The highest BCUT2D eigenvalue weighted by Crippen LogP contribution is 2.21. The maximum absolute atomic E-state index is 12.5. The topological polar surface area (TPSA) is 46.5 Å². The van der Waals surface area contributed by atoms with Gasteiger partial charge in [0.1, 0.15) is 11.3 Å². The molecule has 1 aromatic rings. The van der Waals surface area contributed by atoms with Crippen LogP contribution in [0.2, 0.25) is 0 Å². The van der Waals surface area contributed by atoms with E-state index in [2.05, 4.69) is 0 Å². The molecule has 0 spiro atoms. The second kappa shape index (κ2) is 4.92. The van der Waals surface area contributed by atoms with E-state index in [4.69, 9.17) is 9.84 Å². The summed E-state index contributed by atoms with van der Waals surface area (Å²) < 4.78 is 30.0. The van der Waals surface area contributed by atoms with Crippen molar-refractivity contribution in [3.63, 3.8) is 0 Å². The Kier molecular flexibility index (Phi) is 3.82. The first-order valence-electron chi connectivity index (χ1n) is 4.73. The molecule has 0 fully saturated rings. The first-order valence-corrected chi connectivity index (χ1v) is 4.73. The first-order chi connectivity index (χ1) is 7.40. The number of hydrogen-bond acceptors (Lipinski definition) is 2. The summed E-state index contributed by atoms with van der Waals surface area (Å²) in [5.74, 6) is -3.84. The summed E-state index contributed by atoms with van der Waals surface area (Å²) in [6.07, 6.45) is -0.443. The fourth-order valence-corrected chi connectivity index (χ4v) is 1.11. The molecule has 0 amide bonds. The molecule has 0 aliphatic heterocycles. The van der Waals surface area contributed by atoms with Gasteiger partial charge in [0.15, 0.2) is 0 Å². The van der Waals surface area contributed by atoms with E-state index in [1.165, 1.54) is 12.1 Å². The normalized spacial score (nSPS) is 11.2. The van der Waals surface area contributed by atoms with Crippen LogP contribution in [0.3, 0.4) is 0 Å². The van der Waals surface area contributed by atoms with Gasteiger partial charge in [-0.2, -0.15) is 0 Å². The van der Waals surface area contributed by atoms with Gasteiger partial charge in [0, 0.05) is 6.42 Å². The van der Waals surface area contributed by atoms with Crippen LogP contribution in [-0.4, -0.2) is 23.6 Å². The number of aromatic carboxylic acids is 1. The smallest absolute Gasteiger partial charge is 0.339 e. The first kappa shape index (κ1) is 12.4. The van der Waals surface area contributed by atoms with Gasteiger partial charge in [-0.1, -0.05) is 12.1 Å². The molecule has 5 heteroatoms. The molecule has 0 heterocycles. The number of carbonyl (C=O) groups is 1. The van der Waals surface area contributed by atoms with Crippen LogP contribution in [0.25, 0.3) is 0 Å². The fourth-order valence-electron chi connectivity index (χ4n) is 1.11. The van der Waals surface area contributed by atoms with Gasteiger partial charge >= 0.3 is 5.97 Å². The van der Waals surface area contributed by atoms with Crippen molar-refractivity contribution in [2.24, 2.45) is 0 Å². The summed E-state index contributed by atoms with van der Waals surface area (Å²) in [7, 11) is 0. The van der Waals surface area contributed by atoms with E-state index in [0.717, 1.165) is 6.92 Å². The van der Waals surface area contributed by atoms with Crippen molar-refractivity contribution in [3.8, 4) is 5.75 Å². The summed E-state index contributed by atoms with van der Waals surface area (Å²) in [6.45, 7) is 0.577. The van der Waals surface area contributed by atoms with Gasteiger partial charge in [-0.15, -0.1) is 0 Å². The lowest BCUT2D eigenvalue weighted by Gasteiger charge is -2.12. The van der Waals surface area contributed by atoms with E-state index in [1.54, 1.807) is 12.1 Å². The molecule has 3 nitrogen and oxygen atoms in total. The monoisotopic (exact) mass is 230 g/mol. The number of carboxylic acid groups (broad SMARTS) is 1. The Hall–Kier alpha value is -1.65. The molecular formula is C11H12F2O3. The molecule has 0 aromatic heterocycles. The summed E-state index contributed by atoms with van der Waals surface area (Å²) >= 11 is 0. The minimum atomic E-state index is -2.81. The summed E-state index contributed by atoms with van der Waals surface area (Å²) in [6, 6.07) is 5.94. The van der Waals surface area contributed by atoms with Gasteiger partial charge in [0.25, 0.3) is 0 Å². The highest BCUT2D eigenvalue weighted by molar-refractivity contribution is 5.90. The maximum atomic E-state index is 12.5. The lowest BCUT2D eigenvalue weighted by molar-refractivity contribution is 0.000795. The Balaban J connectivity index is 2.64. The van der Waals surface area contributed by atoms with Crippen molar-refractivity contribution >= 4 is 5.97 Å². The average molecular weight is 230 g/mol. The molecule has 1 rings (SSSR count). The van der Waals surface area contributed by atoms with Crippen molar-refractivity contribution in [1.29, 1.82) is 0 Å². The predicted molar refractivity (Wildman–Crippen MR) is 54.1 cm³/mol. The lowest BCUT2D eigenvalue weighted by Crippen LogP contribution is -2.15. The zero-order valence-corrected chi connectivity index (χ0v) is 8.74. The number of hydrogen-bond donors (Lipinski definition) is 1. The van der Waals surface area contributed by atoms with Crippen LogP contribution in [0.5, 0.6) is 5.75 Å². The van der Waals surface area contributed by atoms with E-state index in [-0.39, 0.29) is 17.9 Å². The number of para-hydroxylation sites is 1. The van der Waals surface area contributed by atoms with Gasteiger partial charge in [-0.05, 0) is 19.1 Å². The second-order valence-corrected chi connectivity index (χ2v) is 3.47. The molecule has 0 unspecified atom stereocenters. The van der Waals surface area contributed by atoms with Gasteiger partial charge < -0.3 is 9.84 Å².